The zero-order valence-corrected chi connectivity index (χ0v) is 12.4. The maximum atomic E-state index is 6.12. The summed E-state index contributed by atoms with van der Waals surface area (Å²) in [5.41, 5.74) is 6.12. The Morgan fingerprint density at radius 3 is 2.39 bits per heavy atom. The Bertz CT molecular complexity index is 237. The molecule has 2 aliphatic carbocycles. The third kappa shape index (κ3) is 3.48. The Morgan fingerprint density at radius 1 is 1.17 bits per heavy atom. The third-order valence-corrected chi connectivity index (χ3v) is 5.36. The van der Waals surface area contributed by atoms with E-state index in [2.05, 4.69) is 18.7 Å². The molecule has 0 aromatic carbocycles. The summed E-state index contributed by atoms with van der Waals surface area (Å²) in [6.45, 7) is 8.08. The van der Waals surface area contributed by atoms with Crippen molar-refractivity contribution in [3.8, 4) is 0 Å². The topological polar surface area (TPSA) is 29.3 Å². The van der Waals surface area contributed by atoms with Gasteiger partial charge in [-0.15, -0.1) is 0 Å². The Kier molecular flexibility index (Phi) is 5.50. The van der Waals surface area contributed by atoms with Gasteiger partial charge in [0.2, 0.25) is 0 Å². The van der Waals surface area contributed by atoms with E-state index in [1.807, 2.05) is 0 Å². The zero-order chi connectivity index (χ0) is 13.0. The predicted molar refractivity (Wildman–Crippen MR) is 78.6 cm³/mol. The molecule has 106 valence electrons. The molecule has 2 rings (SSSR count). The summed E-state index contributed by atoms with van der Waals surface area (Å²) >= 11 is 0. The van der Waals surface area contributed by atoms with E-state index in [1.54, 1.807) is 0 Å². The second-order valence-electron chi connectivity index (χ2n) is 6.72. The van der Waals surface area contributed by atoms with Crippen LogP contribution in [0.15, 0.2) is 0 Å². The Morgan fingerprint density at radius 2 is 1.89 bits per heavy atom. The lowest BCUT2D eigenvalue weighted by Crippen LogP contribution is -2.49. The van der Waals surface area contributed by atoms with Gasteiger partial charge in [-0.3, -0.25) is 4.90 Å². The fourth-order valence-electron chi connectivity index (χ4n) is 3.98. The van der Waals surface area contributed by atoms with E-state index in [-0.39, 0.29) is 0 Å². The van der Waals surface area contributed by atoms with Crippen molar-refractivity contribution in [3.05, 3.63) is 0 Å². The van der Waals surface area contributed by atoms with Crippen molar-refractivity contribution in [2.45, 2.75) is 64.8 Å². The lowest BCUT2D eigenvalue weighted by molar-refractivity contribution is 0.0812. The highest BCUT2D eigenvalue weighted by atomic mass is 15.2. The molecule has 0 radical (unpaired) electrons. The number of nitrogens with two attached hydrogens (primary N) is 1. The molecular formula is C16H32N2. The Balaban J connectivity index is 1.90. The average Bonchev–Trinajstić information content (AvgIpc) is 2.32. The van der Waals surface area contributed by atoms with Gasteiger partial charge in [0.05, 0.1) is 0 Å². The van der Waals surface area contributed by atoms with Crippen LogP contribution in [0.5, 0.6) is 0 Å². The number of nitrogens with zero attached hydrogens (tertiary/aromatic N) is 1. The van der Waals surface area contributed by atoms with Crippen LogP contribution in [0.4, 0.5) is 0 Å². The van der Waals surface area contributed by atoms with Crippen LogP contribution in [0.2, 0.25) is 0 Å². The second kappa shape index (κ2) is 6.91. The fourth-order valence-corrected chi connectivity index (χ4v) is 3.98. The fraction of sp³-hybridized carbons (Fsp3) is 1.00. The van der Waals surface area contributed by atoms with Crippen molar-refractivity contribution in [3.63, 3.8) is 0 Å². The van der Waals surface area contributed by atoms with Gasteiger partial charge in [-0.1, -0.05) is 33.1 Å². The molecule has 2 aliphatic rings. The van der Waals surface area contributed by atoms with Gasteiger partial charge in [0.15, 0.2) is 0 Å². The van der Waals surface area contributed by atoms with Crippen LogP contribution in [0.25, 0.3) is 0 Å². The van der Waals surface area contributed by atoms with Gasteiger partial charge >= 0.3 is 0 Å². The highest BCUT2D eigenvalue weighted by molar-refractivity contribution is 4.86. The largest absolute Gasteiger partial charge is 0.329 e. The first-order valence-corrected chi connectivity index (χ1v) is 8.18. The lowest BCUT2D eigenvalue weighted by Gasteiger charge is -2.42. The van der Waals surface area contributed by atoms with E-state index >= 15 is 0 Å². The summed E-state index contributed by atoms with van der Waals surface area (Å²) < 4.78 is 0. The molecule has 2 fully saturated rings. The molecule has 0 bridgehead atoms. The van der Waals surface area contributed by atoms with E-state index < -0.39 is 0 Å². The molecule has 3 unspecified atom stereocenters. The second-order valence-corrected chi connectivity index (χ2v) is 6.72. The van der Waals surface area contributed by atoms with E-state index in [9.17, 15) is 0 Å². The number of hydrogen-bond acceptors (Lipinski definition) is 2. The molecule has 0 amide bonds. The first kappa shape index (κ1) is 14.3. The maximum Gasteiger partial charge on any atom is 0.0246 e. The van der Waals surface area contributed by atoms with Gasteiger partial charge in [-0.05, 0) is 50.0 Å². The van der Waals surface area contributed by atoms with Crippen molar-refractivity contribution in [2.24, 2.45) is 23.5 Å². The summed E-state index contributed by atoms with van der Waals surface area (Å²) in [6, 6.07) is 0.651. The van der Waals surface area contributed by atoms with E-state index in [4.69, 9.17) is 5.73 Å². The standard InChI is InChI=1S/C16H32N2/c1-3-18(12-14-7-5-8-14)16(11-17)15-9-4-6-13(2)10-15/h13-16H,3-12,17H2,1-2H3. The maximum absolute atomic E-state index is 6.12. The quantitative estimate of drug-likeness (QED) is 0.786. The lowest BCUT2D eigenvalue weighted by atomic mass is 9.77. The summed E-state index contributed by atoms with van der Waals surface area (Å²) in [5, 5.41) is 0. The summed E-state index contributed by atoms with van der Waals surface area (Å²) in [4.78, 5) is 2.70. The minimum atomic E-state index is 0.651. The van der Waals surface area contributed by atoms with E-state index in [1.165, 1.54) is 58.0 Å². The first-order valence-electron chi connectivity index (χ1n) is 8.18. The molecular weight excluding hydrogens is 220 g/mol. The van der Waals surface area contributed by atoms with Crippen LogP contribution in [0.1, 0.15) is 58.8 Å². The van der Waals surface area contributed by atoms with Gasteiger partial charge in [0.1, 0.15) is 0 Å². The number of rotatable bonds is 6. The molecule has 0 aliphatic heterocycles. The van der Waals surface area contributed by atoms with Crippen molar-refractivity contribution in [1.29, 1.82) is 0 Å². The molecule has 18 heavy (non-hydrogen) atoms. The summed E-state index contributed by atoms with van der Waals surface area (Å²) in [6.07, 6.45) is 10.0. The van der Waals surface area contributed by atoms with Crippen LogP contribution in [-0.4, -0.2) is 30.6 Å². The highest BCUT2D eigenvalue weighted by Gasteiger charge is 2.31. The average molecular weight is 252 g/mol. The van der Waals surface area contributed by atoms with Crippen molar-refractivity contribution in [1.82, 2.24) is 4.90 Å². The van der Waals surface area contributed by atoms with Crippen LogP contribution >= 0.6 is 0 Å². The molecule has 0 aromatic heterocycles. The van der Waals surface area contributed by atoms with Crippen molar-refractivity contribution < 1.29 is 0 Å². The van der Waals surface area contributed by atoms with Crippen LogP contribution in [-0.2, 0) is 0 Å². The summed E-state index contributed by atoms with van der Waals surface area (Å²) in [5.74, 6) is 2.75. The highest BCUT2D eigenvalue weighted by Crippen LogP contribution is 2.34. The molecule has 2 N–H and O–H groups in total. The van der Waals surface area contributed by atoms with Gasteiger partial charge < -0.3 is 5.73 Å². The first-order chi connectivity index (χ1) is 8.74. The van der Waals surface area contributed by atoms with Crippen molar-refractivity contribution in [2.75, 3.05) is 19.6 Å². The molecule has 3 atom stereocenters. The minimum absolute atomic E-state index is 0.651. The van der Waals surface area contributed by atoms with Crippen LogP contribution in [0.3, 0.4) is 0 Å². The molecule has 2 saturated carbocycles. The van der Waals surface area contributed by atoms with Crippen molar-refractivity contribution >= 4 is 0 Å². The van der Waals surface area contributed by atoms with Crippen LogP contribution < -0.4 is 5.73 Å². The number of likely N-dealkylation sites (N-methyl/N-ethyl adjacent to an activating group) is 1. The molecule has 2 nitrogen and oxygen atoms in total. The Hall–Kier alpha value is -0.0800. The van der Waals surface area contributed by atoms with Gasteiger partial charge in [0.25, 0.3) is 0 Å². The van der Waals surface area contributed by atoms with E-state index in [0.29, 0.717) is 6.04 Å². The predicted octanol–water partition coefficient (Wildman–Crippen LogP) is 3.26. The van der Waals surface area contributed by atoms with E-state index in [0.717, 1.165) is 24.3 Å². The number of hydrogen-bond donors (Lipinski definition) is 1. The van der Waals surface area contributed by atoms with Gasteiger partial charge in [-0.2, -0.15) is 0 Å². The molecule has 0 spiro atoms. The molecule has 0 aromatic rings. The molecule has 0 saturated heterocycles. The van der Waals surface area contributed by atoms with Gasteiger partial charge in [-0.25, -0.2) is 0 Å². The third-order valence-electron chi connectivity index (χ3n) is 5.36. The Labute approximate surface area is 113 Å². The van der Waals surface area contributed by atoms with Gasteiger partial charge in [0, 0.05) is 19.1 Å². The minimum Gasteiger partial charge on any atom is -0.329 e. The van der Waals surface area contributed by atoms with Crippen LogP contribution in [0, 0.1) is 17.8 Å². The monoisotopic (exact) mass is 252 g/mol. The SMILES string of the molecule is CCN(CC1CCC1)C(CN)C1CCCC(C)C1. The molecule has 0 heterocycles. The smallest absolute Gasteiger partial charge is 0.0246 e. The summed E-state index contributed by atoms with van der Waals surface area (Å²) in [7, 11) is 0. The normalized spacial score (nSPS) is 31.3. The zero-order valence-electron chi connectivity index (χ0n) is 12.4. The molecule has 2 heteroatoms.